The molecule has 0 aliphatic heterocycles. The molecule has 1 aromatic rings. The number of ether oxygens (including phenoxy) is 1. The Morgan fingerprint density at radius 1 is 1.38 bits per heavy atom. The van der Waals surface area contributed by atoms with Gasteiger partial charge in [-0.1, -0.05) is 24.4 Å². The Hall–Kier alpha value is 0.0600. The third-order valence-electron chi connectivity index (χ3n) is 2.90. The van der Waals surface area contributed by atoms with E-state index in [4.69, 9.17) is 16.3 Å². The first-order valence-corrected chi connectivity index (χ1v) is 6.88. The Balaban J connectivity index is 2.33. The lowest BCUT2D eigenvalue weighted by Crippen LogP contribution is -2.07. The second-order valence-electron chi connectivity index (χ2n) is 4.04. The normalized spacial score (nSPS) is 16.9. The van der Waals surface area contributed by atoms with E-state index in [2.05, 4.69) is 32.6 Å². The van der Waals surface area contributed by atoms with Gasteiger partial charge >= 0.3 is 0 Å². The maximum atomic E-state index is 6.12. The summed E-state index contributed by atoms with van der Waals surface area (Å²) in [6, 6.07) is 0. The predicted octanol–water partition coefficient (Wildman–Crippen LogP) is 3.54. The summed E-state index contributed by atoms with van der Waals surface area (Å²) in [5.41, 5.74) is 1.12. The molecule has 0 amide bonds. The Kier molecular flexibility index (Phi) is 4.38. The quantitative estimate of drug-likeness (QED) is 0.616. The van der Waals surface area contributed by atoms with E-state index in [9.17, 15) is 0 Å². The van der Waals surface area contributed by atoms with Gasteiger partial charge in [-0.05, 0) is 35.4 Å². The first-order chi connectivity index (χ1) is 7.72. The van der Waals surface area contributed by atoms with Crippen molar-refractivity contribution in [3.63, 3.8) is 0 Å². The van der Waals surface area contributed by atoms with Crippen LogP contribution in [0.15, 0.2) is 0 Å². The van der Waals surface area contributed by atoms with Crippen molar-refractivity contribution in [1.82, 2.24) is 9.97 Å². The van der Waals surface area contributed by atoms with Gasteiger partial charge < -0.3 is 4.74 Å². The van der Waals surface area contributed by atoms with Crippen molar-refractivity contribution in [2.24, 2.45) is 0 Å². The molecular formula is C11H14ClIN2O. The number of hydrogen-bond acceptors (Lipinski definition) is 3. The molecule has 1 heterocycles. The molecule has 5 heteroatoms. The van der Waals surface area contributed by atoms with Crippen molar-refractivity contribution in [2.75, 3.05) is 7.11 Å². The lowest BCUT2D eigenvalue weighted by molar-refractivity contribution is 0.177. The van der Waals surface area contributed by atoms with E-state index in [0.717, 1.165) is 9.26 Å². The standard InChI is InChI=1S/C11H14ClIN2O/c1-16-6-8-14-10(7-4-2-3-5-7)9(13)11(12)15-8/h7H,2-6H2,1H3. The van der Waals surface area contributed by atoms with Gasteiger partial charge in [0.25, 0.3) is 0 Å². The minimum absolute atomic E-state index is 0.427. The van der Waals surface area contributed by atoms with Crippen molar-refractivity contribution < 1.29 is 4.74 Å². The molecule has 3 nitrogen and oxygen atoms in total. The molecule has 0 bridgehead atoms. The SMILES string of the molecule is COCc1nc(Cl)c(I)c(C2CCCC2)n1. The summed E-state index contributed by atoms with van der Waals surface area (Å²) in [5, 5.41) is 0.560. The first-order valence-electron chi connectivity index (χ1n) is 5.43. The third-order valence-corrected chi connectivity index (χ3v) is 4.55. The van der Waals surface area contributed by atoms with Crippen LogP contribution in [0.25, 0.3) is 0 Å². The number of hydrogen-bond donors (Lipinski definition) is 0. The molecule has 0 unspecified atom stereocenters. The summed E-state index contributed by atoms with van der Waals surface area (Å²) in [6.07, 6.45) is 5.02. The van der Waals surface area contributed by atoms with E-state index in [0.29, 0.717) is 23.5 Å². The number of methoxy groups -OCH3 is 1. The fourth-order valence-electron chi connectivity index (χ4n) is 2.14. The maximum absolute atomic E-state index is 6.12. The van der Waals surface area contributed by atoms with Crippen molar-refractivity contribution in [3.05, 3.63) is 20.2 Å². The van der Waals surface area contributed by atoms with Crippen LogP contribution in [0.5, 0.6) is 0 Å². The zero-order chi connectivity index (χ0) is 11.5. The minimum atomic E-state index is 0.427. The molecule has 0 atom stereocenters. The van der Waals surface area contributed by atoms with Crippen LogP contribution in [0.3, 0.4) is 0 Å². The highest BCUT2D eigenvalue weighted by molar-refractivity contribution is 14.1. The monoisotopic (exact) mass is 352 g/mol. The highest BCUT2D eigenvalue weighted by Crippen LogP contribution is 2.36. The third kappa shape index (κ3) is 2.65. The van der Waals surface area contributed by atoms with Gasteiger partial charge in [-0.15, -0.1) is 0 Å². The molecule has 0 saturated heterocycles. The predicted molar refractivity (Wildman–Crippen MR) is 71.7 cm³/mol. The fourth-order valence-corrected chi connectivity index (χ4v) is 3.02. The first kappa shape index (κ1) is 12.5. The van der Waals surface area contributed by atoms with Crippen molar-refractivity contribution in [2.45, 2.75) is 38.2 Å². The van der Waals surface area contributed by atoms with Crippen LogP contribution < -0.4 is 0 Å². The van der Waals surface area contributed by atoms with Gasteiger partial charge in [0.2, 0.25) is 0 Å². The summed E-state index contributed by atoms with van der Waals surface area (Å²) in [6.45, 7) is 0.427. The molecule has 1 saturated carbocycles. The molecule has 16 heavy (non-hydrogen) atoms. The van der Waals surface area contributed by atoms with Gasteiger partial charge in [0.05, 0.1) is 9.26 Å². The highest BCUT2D eigenvalue weighted by Gasteiger charge is 2.23. The Morgan fingerprint density at radius 3 is 2.69 bits per heavy atom. The molecule has 1 aliphatic carbocycles. The Labute approximate surface area is 114 Å². The average molecular weight is 353 g/mol. The second kappa shape index (κ2) is 5.60. The number of aromatic nitrogens is 2. The molecule has 0 spiro atoms. The van der Waals surface area contributed by atoms with E-state index in [1.165, 1.54) is 25.7 Å². The van der Waals surface area contributed by atoms with Crippen LogP contribution in [0.1, 0.15) is 43.1 Å². The van der Waals surface area contributed by atoms with Crippen LogP contribution in [0.2, 0.25) is 5.15 Å². The van der Waals surface area contributed by atoms with Gasteiger partial charge in [-0.25, -0.2) is 9.97 Å². The number of nitrogens with zero attached hydrogens (tertiary/aromatic N) is 2. The molecule has 2 rings (SSSR count). The van der Waals surface area contributed by atoms with E-state index in [1.807, 2.05) is 0 Å². The molecule has 1 fully saturated rings. The van der Waals surface area contributed by atoms with Crippen LogP contribution in [0, 0.1) is 3.57 Å². The molecule has 1 aromatic heterocycles. The van der Waals surface area contributed by atoms with Gasteiger partial charge in [0.1, 0.15) is 11.8 Å². The second-order valence-corrected chi connectivity index (χ2v) is 5.48. The van der Waals surface area contributed by atoms with E-state index >= 15 is 0 Å². The summed E-state index contributed by atoms with van der Waals surface area (Å²) in [5.74, 6) is 1.25. The maximum Gasteiger partial charge on any atom is 0.156 e. The van der Waals surface area contributed by atoms with Gasteiger partial charge in [-0.2, -0.15) is 0 Å². The zero-order valence-electron chi connectivity index (χ0n) is 9.17. The van der Waals surface area contributed by atoms with Crippen molar-refractivity contribution >= 4 is 34.2 Å². The molecular weight excluding hydrogens is 338 g/mol. The largest absolute Gasteiger partial charge is 0.377 e. The number of rotatable bonds is 3. The van der Waals surface area contributed by atoms with Gasteiger partial charge in [-0.3, -0.25) is 0 Å². The van der Waals surface area contributed by atoms with Crippen LogP contribution in [-0.4, -0.2) is 17.1 Å². The smallest absolute Gasteiger partial charge is 0.156 e. The van der Waals surface area contributed by atoms with Crippen LogP contribution in [0.4, 0.5) is 0 Å². The van der Waals surface area contributed by atoms with E-state index in [-0.39, 0.29) is 0 Å². The van der Waals surface area contributed by atoms with Gasteiger partial charge in [0, 0.05) is 13.0 Å². The average Bonchev–Trinajstić information content (AvgIpc) is 2.76. The van der Waals surface area contributed by atoms with E-state index in [1.54, 1.807) is 7.11 Å². The summed E-state index contributed by atoms with van der Waals surface area (Å²) < 4.78 is 6.06. The Morgan fingerprint density at radius 2 is 2.06 bits per heavy atom. The topological polar surface area (TPSA) is 35.0 Å². The Bertz CT molecular complexity index is 380. The lowest BCUT2D eigenvalue weighted by atomic mass is 10.0. The number of halogens is 2. The van der Waals surface area contributed by atoms with Crippen molar-refractivity contribution in [1.29, 1.82) is 0 Å². The van der Waals surface area contributed by atoms with Crippen molar-refractivity contribution in [3.8, 4) is 0 Å². The van der Waals surface area contributed by atoms with Gasteiger partial charge in [0.15, 0.2) is 5.82 Å². The highest BCUT2D eigenvalue weighted by atomic mass is 127. The molecule has 1 aliphatic rings. The summed E-state index contributed by atoms with van der Waals surface area (Å²) in [7, 11) is 1.64. The van der Waals surface area contributed by atoms with Crippen LogP contribution in [-0.2, 0) is 11.3 Å². The zero-order valence-corrected chi connectivity index (χ0v) is 12.1. The summed E-state index contributed by atoms with van der Waals surface area (Å²) in [4.78, 5) is 8.79. The molecule has 0 radical (unpaired) electrons. The lowest BCUT2D eigenvalue weighted by Gasteiger charge is -2.13. The fraction of sp³-hybridized carbons (Fsp3) is 0.636. The van der Waals surface area contributed by atoms with E-state index < -0.39 is 0 Å². The summed E-state index contributed by atoms with van der Waals surface area (Å²) >= 11 is 8.36. The molecule has 88 valence electrons. The molecule has 0 aromatic carbocycles. The molecule has 0 N–H and O–H groups in total. The van der Waals surface area contributed by atoms with Crippen LogP contribution >= 0.6 is 34.2 Å². The minimum Gasteiger partial charge on any atom is -0.377 e.